The number of rotatable bonds is 4. The van der Waals surface area contributed by atoms with Gasteiger partial charge < -0.3 is 10.4 Å². The van der Waals surface area contributed by atoms with Gasteiger partial charge in [0.1, 0.15) is 5.75 Å². The fraction of sp³-hybridized carbons (Fsp3) is 0.0741. The van der Waals surface area contributed by atoms with Gasteiger partial charge in [-0.15, -0.1) is 11.3 Å². The first-order valence-electron chi connectivity index (χ1n) is 10.2. The molecular weight excluding hydrogens is 402 g/mol. The third-order valence-corrected chi connectivity index (χ3v) is 6.77. The minimum absolute atomic E-state index is 0.126. The van der Waals surface area contributed by atoms with Gasteiger partial charge in [0.05, 0.1) is 4.88 Å². The largest absolute Gasteiger partial charge is 0.507 e. The van der Waals surface area contributed by atoms with Crippen molar-refractivity contribution < 1.29 is 9.90 Å². The van der Waals surface area contributed by atoms with Crippen LogP contribution in [0, 0.1) is 6.92 Å². The maximum atomic E-state index is 13.4. The lowest BCUT2D eigenvalue weighted by atomic mass is 10.0. The van der Waals surface area contributed by atoms with Crippen molar-refractivity contribution in [1.29, 1.82) is 0 Å². The molecule has 4 aromatic carbocycles. The average molecular weight is 424 g/mol. The maximum Gasteiger partial charge on any atom is 0.266 e. The van der Waals surface area contributed by atoms with Crippen LogP contribution in [0.15, 0.2) is 84.9 Å². The highest BCUT2D eigenvalue weighted by molar-refractivity contribution is 7.21. The predicted molar refractivity (Wildman–Crippen MR) is 129 cm³/mol. The fourth-order valence-electron chi connectivity index (χ4n) is 3.95. The van der Waals surface area contributed by atoms with Crippen LogP contribution in [0.2, 0.25) is 0 Å². The van der Waals surface area contributed by atoms with Crippen LogP contribution < -0.4 is 5.32 Å². The SMILES string of the molecule is Cc1ccc(Cc2c(C(=O)Nc3cccc4c(O)cccc34)sc3ccccc23)cc1. The smallest absolute Gasteiger partial charge is 0.266 e. The molecule has 0 saturated heterocycles. The molecule has 3 nitrogen and oxygen atoms in total. The Morgan fingerprint density at radius 2 is 1.55 bits per heavy atom. The molecule has 31 heavy (non-hydrogen) atoms. The zero-order valence-electron chi connectivity index (χ0n) is 17.1. The van der Waals surface area contributed by atoms with E-state index in [1.165, 1.54) is 22.5 Å². The second kappa shape index (κ2) is 7.89. The molecule has 2 N–H and O–H groups in total. The van der Waals surface area contributed by atoms with E-state index in [9.17, 15) is 9.90 Å². The molecule has 0 aliphatic rings. The van der Waals surface area contributed by atoms with Gasteiger partial charge in [0, 0.05) is 21.2 Å². The first-order valence-corrected chi connectivity index (χ1v) is 11.0. The maximum absolute atomic E-state index is 13.4. The summed E-state index contributed by atoms with van der Waals surface area (Å²) >= 11 is 1.52. The van der Waals surface area contributed by atoms with Crippen LogP contribution in [0.25, 0.3) is 20.9 Å². The van der Waals surface area contributed by atoms with Gasteiger partial charge in [-0.3, -0.25) is 4.79 Å². The lowest BCUT2D eigenvalue weighted by Crippen LogP contribution is -2.12. The number of carbonyl (C=O) groups is 1. The predicted octanol–water partition coefficient (Wildman–Crippen LogP) is 6.91. The Morgan fingerprint density at radius 1 is 0.839 bits per heavy atom. The van der Waals surface area contributed by atoms with E-state index >= 15 is 0 Å². The summed E-state index contributed by atoms with van der Waals surface area (Å²) in [5.41, 5.74) is 4.14. The minimum Gasteiger partial charge on any atom is -0.507 e. The number of benzene rings is 4. The van der Waals surface area contributed by atoms with Crippen molar-refractivity contribution in [3.05, 3.63) is 106 Å². The highest BCUT2D eigenvalue weighted by atomic mass is 32.1. The first-order chi connectivity index (χ1) is 15.1. The van der Waals surface area contributed by atoms with Crippen molar-refractivity contribution in [2.45, 2.75) is 13.3 Å². The number of nitrogens with one attached hydrogen (secondary N) is 1. The van der Waals surface area contributed by atoms with Gasteiger partial charge in [-0.1, -0.05) is 72.3 Å². The Kier molecular flexibility index (Phi) is 4.92. The second-order valence-corrected chi connectivity index (χ2v) is 8.75. The second-order valence-electron chi connectivity index (χ2n) is 7.70. The lowest BCUT2D eigenvalue weighted by molar-refractivity contribution is 0.103. The number of phenolic OH excluding ortho intramolecular Hbond substituents is 1. The molecule has 152 valence electrons. The number of aryl methyl sites for hydroxylation is 1. The Balaban J connectivity index is 1.56. The van der Waals surface area contributed by atoms with Crippen LogP contribution in [-0.4, -0.2) is 11.0 Å². The summed E-state index contributed by atoms with van der Waals surface area (Å²) in [5.74, 6) is 0.0784. The number of anilines is 1. The van der Waals surface area contributed by atoms with Gasteiger partial charge in [-0.05, 0) is 48.1 Å². The van der Waals surface area contributed by atoms with E-state index < -0.39 is 0 Å². The van der Waals surface area contributed by atoms with Gasteiger partial charge in [0.25, 0.3) is 5.91 Å². The van der Waals surface area contributed by atoms with Crippen molar-refractivity contribution in [2.75, 3.05) is 5.32 Å². The Bertz CT molecular complexity index is 1420. The molecule has 1 amide bonds. The van der Waals surface area contributed by atoms with E-state index in [-0.39, 0.29) is 11.7 Å². The molecule has 0 bridgehead atoms. The molecule has 5 rings (SSSR count). The Hall–Kier alpha value is -3.63. The van der Waals surface area contributed by atoms with Gasteiger partial charge in [-0.2, -0.15) is 0 Å². The monoisotopic (exact) mass is 423 g/mol. The summed E-state index contributed by atoms with van der Waals surface area (Å²) in [5, 5.41) is 15.9. The zero-order chi connectivity index (χ0) is 21.4. The first kappa shape index (κ1) is 19.3. The van der Waals surface area contributed by atoms with Gasteiger partial charge >= 0.3 is 0 Å². The van der Waals surface area contributed by atoms with Gasteiger partial charge in [0.2, 0.25) is 0 Å². The normalized spacial score (nSPS) is 11.1. The van der Waals surface area contributed by atoms with Gasteiger partial charge in [-0.25, -0.2) is 0 Å². The van der Waals surface area contributed by atoms with E-state index in [0.717, 1.165) is 31.3 Å². The Labute approximate surface area is 184 Å². The standard InChI is InChI=1S/C27H21NO2S/c1-17-12-14-18(15-13-17)16-22-21-6-2-3-11-25(21)31-26(22)27(30)28-23-9-4-8-20-19(23)7-5-10-24(20)29/h2-15,29H,16H2,1H3,(H,28,30). The van der Waals surface area contributed by atoms with Crippen molar-refractivity contribution in [3.8, 4) is 5.75 Å². The van der Waals surface area contributed by atoms with E-state index in [0.29, 0.717) is 12.1 Å². The number of thiophene rings is 1. The molecule has 0 saturated carbocycles. The number of aromatic hydroxyl groups is 1. The number of hydrogen-bond donors (Lipinski definition) is 2. The third-order valence-electron chi connectivity index (χ3n) is 5.55. The number of amides is 1. The molecule has 0 radical (unpaired) electrons. The lowest BCUT2D eigenvalue weighted by Gasteiger charge is -2.10. The quantitative estimate of drug-likeness (QED) is 0.330. The number of carbonyl (C=O) groups excluding carboxylic acids is 1. The number of fused-ring (bicyclic) bond motifs is 2. The van der Waals surface area contributed by atoms with Crippen molar-refractivity contribution in [2.24, 2.45) is 0 Å². The topological polar surface area (TPSA) is 49.3 Å². The number of hydrogen-bond acceptors (Lipinski definition) is 3. The van der Waals surface area contributed by atoms with Crippen LogP contribution in [0.1, 0.15) is 26.4 Å². The van der Waals surface area contributed by atoms with E-state index in [1.54, 1.807) is 12.1 Å². The fourth-order valence-corrected chi connectivity index (χ4v) is 5.07. The third kappa shape index (κ3) is 3.66. The highest BCUT2D eigenvalue weighted by Gasteiger charge is 2.19. The summed E-state index contributed by atoms with van der Waals surface area (Å²) < 4.78 is 1.10. The molecule has 0 spiro atoms. The summed E-state index contributed by atoms with van der Waals surface area (Å²) in [7, 11) is 0. The van der Waals surface area contributed by atoms with Crippen LogP contribution in [0.3, 0.4) is 0 Å². The summed E-state index contributed by atoms with van der Waals surface area (Å²) in [6, 6.07) is 27.5. The zero-order valence-corrected chi connectivity index (χ0v) is 17.9. The molecule has 0 unspecified atom stereocenters. The van der Waals surface area contributed by atoms with Gasteiger partial charge in [0.15, 0.2) is 0 Å². The van der Waals surface area contributed by atoms with Crippen LogP contribution in [0.5, 0.6) is 5.75 Å². The average Bonchev–Trinajstić information content (AvgIpc) is 3.15. The molecule has 4 heteroatoms. The molecular formula is C27H21NO2S. The van der Waals surface area contributed by atoms with E-state index in [2.05, 4.69) is 48.6 Å². The van der Waals surface area contributed by atoms with E-state index in [4.69, 9.17) is 0 Å². The van der Waals surface area contributed by atoms with Crippen LogP contribution in [0.4, 0.5) is 5.69 Å². The molecule has 0 fully saturated rings. The molecule has 0 atom stereocenters. The van der Waals surface area contributed by atoms with Crippen LogP contribution >= 0.6 is 11.3 Å². The minimum atomic E-state index is -0.126. The van der Waals surface area contributed by atoms with Crippen LogP contribution in [-0.2, 0) is 6.42 Å². The molecule has 0 aliphatic carbocycles. The summed E-state index contributed by atoms with van der Waals surface area (Å²) in [6.45, 7) is 2.07. The summed E-state index contributed by atoms with van der Waals surface area (Å²) in [6.07, 6.45) is 0.698. The molecule has 0 aliphatic heterocycles. The molecule has 1 heterocycles. The Morgan fingerprint density at radius 3 is 2.39 bits per heavy atom. The van der Waals surface area contributed by atoms with Crippen molar-refractivity contribution >= 4 is 43.8 Å². The molecule has 5 aromatic rings. The number of phenols is 1. The van der Waals surface area contributed by atoms with E-state index in [1.807, 2.05) is 36.4 Å². The van der Waals surface area contributed by atoms with Crippen molar-refractivity contribution in [1.82, 2.24) is 0 Å². The van der Waals surface area contributed by atoms with Crippen molar-refractivity contribution in [3.63, 3.8) is 0 Å². The molecule has 1 aromatic heterocycles. The highest BCUT2D eigenvalue weighted by Crippen LogP contribution is 2.35. The summed E-state index contributed by atoms with van der Waals surface area (Å²) in [4.78, 5) is 14.1.